The number of amides is 3. The molecule has 8 nitrogen and oxygen atoms in total. The number of ether oxygens (including phenoxy) is 1. The van der Waals surface area contributed by atoms with E-state index in [1.54, 1.807) is 37.4 Å². The van der Waals surface area contributed by atoms with Crippen LogP contribution in [0, 0.1) is 6.92 Å². The molecule has 0 radical (unpaired) electrons. The molecule has 1 atom stereocenters. The van der Waals surface area contributed by atoms with Crippen LogP contribution >= 0.6 is 0 Å². The summed E-state index contributed by atoms with van der Waals surface area (Å²) in [4.78, 5) is 41.2. The third kappa shape index (κ3) is 5.94. The molecular formula is C28H31N3O5. The lowest BCUT2D eigenvalue weighted by atomic mass is 10.0. The van der Waals surface area contributed by atoms with E-state index in [0.717, 1.165) is 31.2 Å². The second kappa shape index (κ2) is 11.6. The van der Waals surface area contributed by atoms with Crippen LogP contribution in [0.25, 0.3) is 0 Å². The van der Waals surface area contributed by atoms with Gasteiger partial charge in [0.2, 0.25) is 11.8 Å². The minimum absolute atomic E-state index is 0.0805. The molecular weight excluding hydrogens is 458 g/mol. The number of methoxy groups -OCH3 is 1. The monoisotopic (exact) mass is 489 g/mol. The predicted molar refractivity (Wildman–Crippen MR) is 136 cm³/mol. The molecule has 2 N–H and O–H groups in total. The average molecular weight is 490 g/mol. The smallest absolute Gasteiger partial charge is 0.287 e. The first-order chi connectivity index (χ1) is 17.5. The van der Waals surface area contributed by atoms with E-state index in [1.807, 2.05) is 31.2 Å². The van der Waals surface area contributed by atoms with E-state index in [9.17, 15) is 14.4 Å². The Morgan fingerprint density at radius 3 is 2.33 bits per heavy atom. The Labute approximate surface area is 210 Å². The standard InChI is InChI=1S/C28H31N3O5/c1-19-9-11-20(12-10-19)26(28(34)30-21-6-3-4-7-21)31(22-13-15-23(35-2)16-14-22)25(32)18-29-27(33)24-8-5-17-36-24/h5,8-17,21,26H,3-4,6-7,18H2,1-2H3,(H,29,33)(H,30,34)/t26-/m0/s1. The fourth-order valence-corrected chi connectivity index (χ4v) is 4.43. The molecule has 3 aromatic rings. The number of nitrogens with one attached hydrogen (secondary N) is 2. The Kier molecular flexibility index (Phi) is 8.05. The van der Waals surface area contributed by atoms with Crippen LogP contribution in [0.4, 0.5) is 5.69 Å². The van der Waals surface area contributed by atoms with Crippen LogP contribution in [0.15, 0.2) is 71.3 Å². The molecule has 1 heterocycles. The van der Waals surface area contributed by atoms with Crippen molar-refractivity contribution in [2.75, 3.05) is 18.6 Å². The largest absolute Gasteiger partial charge is 0.497 e. The van der Waals surface area contributed by atoms with Gasteiger partial charge in [0.15, 0.2) is 5.76 Å². The molecule has 0 unspecified atom stereocenters. The minimum atomic E-state index is -0.924. The van der Waals surface area contributed by atoms with Crippen molar-refractivity contribution >= 4 is 23.4 Å². The van der Waals surface area contributed by atoms with E-state index in [-0.39, 0.29) is 24.3 Å². The maximum Gasteiger partial charge on any atom is 0.287 e. The van der Waals surface area contributed by atoms with Crippen LogP contribution in [-0.2, 0) is 9.59 Å². The van der Waals surface area contributed by atoms with Crippen molar-refractivity contribution in [3.05, 3.63) is 83.8 Å². The summed E-state index contributed by atoms with van der Waals surface area (Å²) in [6.45, 7) is 1.65. The zero-order valence-corrected chi connectivity index (χ0v) is 20.5. The number of hydrogen-bond acceptors (Lipinski definition) is 5. The molecule has 0 aliphatic heterocycles. The summed E-state index contributed by atoms with van der Waals surface area (Å²) in [5.74, 6) is -0.475. The molecule has 8 heteroatoms. The highest BCUT2D eigenvalue weighted by atomic mass is 16.5. The lowest BCUT2D eigenvalue weighted by Crippen LogP contribution is -2.49. The Morgan fingerprint density at radius 1 is 1.03 bits per heavy atom. The van der Waals surface area contributed by atoms with Crippen molar-refractivity contribution in [1.82, 2.24) is 10.6 Å². The number of hydrogen-bond donors (Lipinski definition) is 2. The van der Waals surface area contributed by atoms with Crippen LogP contribution in [-0.4, -0.2) is 37.4 Å². The van der Waals surface area contributed by atoms with Crippen molar-refractivity contribution in [3.63, 3.8) is 0 Å². The third-order valence-electron chi connectivity index (χ3n) is 6.37. The summed E-state index contributed by atoms with van der Waals surface area (Å²) < 4.78 is 10.4. The van der Waals surface area contributed by atoms with Crippen molar-refractivity contribution in [2.45, 2.75) is 44.7 Å². The average Bonchev–Trinajstić information content (AvgIpc) is 3.61. The molecule has 1 fully saturated rings. The van der Waals surface area contributed by atoms with E-state index in [2.05, 4.69) is 10.6 Å². The van der Waals surface area contributed by atoms with Crippen LogP contribution in [0.2, 0.25) is 0 Å². The zero-order chi connectivity index (χ0) is 25.5. The Bertz CT molecular complexity index is 1170. The van der Waals surface area contributed by atoms with E-state index in [4.69, 9.17) is 9.15 Å². The van der Waals surface area contributed by atoms with Gasteiger partial charge in [-0.3, -0.25) is 19.3 Å². The molecule has 1 aliphatic rings. The predicted octanol–water partition coefficient (Wildman–Crippen LogP) is 4.16. The van der Waals surface area contributed by atoms with Crippen LogP contribution in [0.3, 0.4) is 0 Å². The Balaban J connectivity index is 1.68. The highest BCUT2D eigenvalue weighted by Crippen LogP contribution is 2.30. The number of nitrogens with zero attached hydrogens (tertiary/aromatic N) is 1. The summed E-state index contributed by atoms with van der Waals surface area (Å²) in [7, 11) is 1.56. The number of aryl methyl sites for hydroxylation is 1. The molecule has 4 rings (SSSR count). The van der Waals surface area contributed by atoms with Gasteiger partial charge in [0, 0.05) is 11.7 Å². The number of furan rings is 1. The van der Waals surface area contributed by atoms with Crippen molar-refractivity contribution in [1.29, 1.82) is 0 Å². The molecule has 0 bridgehead atoms. The highest BCUT2D eigenvalue weighted by Gasteiger charge is 2.34. The summed E-state index contributed by atoms with van der Waals surface area (Å²) in [5, 5.41) is 5.75. The van der Waals surface area contributed by atoms with Gasteiger partial charge in [-0.05, 0) is 61.7 Å². The number of rotatable bonds is 9. The first kappa shape index (κ1) is 25.0. The van der Waals surface area contributed by atoms with Gasteiger partial charge in [-0.15, -0.1) is 0 Å². The van der Waals surface area contributed by atoms with Crippen LogP contribution < -0.4 is 20.3 Å². The molecule has 0 spiro atoms. The van der Waals surface area contributed by atoms with Crippen LogP contribution in [0.1, 0.15) is 53.4 Å². The van der Waals surface area contributed by atoms with Crippen LogP contribution in [0.5, 0.6) is 5.75 Å². The van der Waals surface area contributed by atoms with E-state index in [1.165, 1.54) is 17.2 Å². The quantitative estimate of drug-likeness (QED) is 0.470. The van der Waals surface area contributed by atoms with Gasteiger partial charge < -0.3 is 19.8 Å². The minimum Gasteiger partial charge on any atom is -0.497 e. The number of anilines is 1. The van der Waals surface area contributed by atoms with Crippen molar-refractivity contribution in [2.24, 2.45) is 0 Å². The molecule has 1 saturated carbocycles. The van der Waals surface area contributed by atoms with E-state index >= 15 is 0 Å². The van der Waals surface area contributed by atoms with Gasteiger partial charge in [0.25, 0.3) is 5.91 Å². The number of carbonyl (C=O) groups excluding carboxylic acids is 3. The van der Waals surface area contributed by atoms with Gasteiger partial charge in [-0.2, -0.15) is 0 Å². The normalized spacial score (nSPS) is 14.2. The molecule has 3 amide bonds. The zero-order valence-electron chi connectivity index (χ0n) is 20.5. The van der Waals surface area contributed by atoms with E-state index < -0.39 is 17.9 Å². The summed E-state index contributed by atoms with van der Waals surface area (Å²) in [6.07, 6.45) is 5.37. The molecule has 2 aromatic carbocycles. The SMILES string of the molecule is COc1ccc(N(C(=O)CNC(=O)c2ccco2)[C@H](C(=O)NC2CCCC2)c2ccc(C)cc2)cc1. The number of carbonyl (C=O) groups is 3. The van der Waals surface area contributed by atoms with Crippen molar-refractivity contribution in [3.8, 4) is 5.75 Å². The molecule has 1 aliphatic carbocycles. The second-order valence-electron chi connectivity index (χ2n) is 8.92. The summed E-state index contributed by atoms with van der Waals surface area (Å²) >= 11 is 0. The highest BCUT2D eigenvalue weighted by molar-refractivity contribution is 6.04. The second-order valence-corrected chi connectivity index (χ2v) is 8.92. The van der Waals surface area contributed by atoms with Gasteiger partial charge in [-0.1, -0.05) is 42.7 Å². The maximum absolute atomic E-state index is 13.7. The molecule has 188 valence electrons. The Hall–Kier alpha value is -4.07. The first-order valence-corrected chi connectivity index (χ1v) is 12.1. The molecule has 0 saturated heterocycles. The fraction of sp³-hybridized carbons (Fsp3) is 0.321. The molecule has 36 heavy (non-hydrogen) atoms. The van der Waals surface area contributed by atoms with Crippen molar-refractivity contribution < 1.29 is 23.5 Å². The van der Waals surface area contributed by atoms with Gasteiger partial charge in [0.1, 0.15) is 11.8 Å². The first-order valence-electron chi connectivity index (χ1n) is 12.1. The lowest BCUT2D eigenvalue weighted by molar-refractivity contribution is -0.126. The van der Waals surface area contributed by atoms with E-state index in [0.29, 0.717) is 17.0 Å². The topological polar surface area (TPSA) is 101 Å². The maximum atomic E-state index is 13.7. The fourth-order valence-electron chi connectivity index (χ4n) is 4.43. The summed E-state index contributed by atoms with van der Waals surface area (Å²) in [5.41, 5.74) is 2.24. The number of benzene rings is 2. The summed E-state index contributed by atoms with van der Waals surface area (Å²) in [6, 6.07) is 16.8. The Morgan fingerprint density at radius 2 is 1.72 bits per heavy atom. The molecule has 1 aromatic heterocycles. The van der Waals surface area contributed by atoms with Gasteiger partial charge in [-0.25, -0.2) is 0 Å². The lowest BCUT2D eigenvalue weighted by Gasteiger charge is -2.32. The third-order valence-corrected chi connectivity index (χ3v) is 6.37. The van der Waals surface area contributed by atoms with Gasteiger partial charge in [0.05, 0.1) is 19.9 Å². The van der Waals surface area contributed by atoms with Gasteiger partial charge >= 0.3 is 0 Å².